The van der Waals surface area contributed by atoms with Crippen molar-refractivity contribution in [2.24, 2.45) is 0 Å². The molecule has 6 nitrogen and oxygen atoms in total. The van der Waals surface area contributed by atoms with Gasteiger partial charge in [0.2, 0.25) is 0 Å². The number of carbonyl (C=O) groups excluding carboxylic acids is 1. The smallest absolute Gasteiger partial charge is 0.261 e. The molecule has 1 amide bonds. The number of hydrogen-bond acceptors (Lipinski definition) is 6. The van der Waals surface area contributed by atoms with Crippen LogP contribution in [0, 0.1) is 13.8 Å². The zero-order valence-corrected chi connectivity index (χ0v) is 20.4. The molecule has 7 heteroatoms. The Bertz CT molecular complexity index is 1130. The van der Waals surface area contributed by atoms with Crippen molar-refractivity contribution in [1.29, 1.82) is 0 Å². The molecule has 0 aliphatic carbocycles. The Kier molecular flexibility index (Phi) is 6.60. The number of hydrogen-bond donors (Lipinski definition) is 1. The second kappa shape index (κ2) is 9.25. The van der Waals surface area contributed by atoms with Gasteiger partial charge in [0.05, 0.1) is 23.8 Å². The molecule has 0 bridgehead atoms. The van der Waals surface area contributed by atoms with Crippen molar-refractivity contribution >= 4 is 27.5 Å². The van der Waals surface area contributed by atoms with Crippen molar-refractivity contribution in [3.63, 3.8) is 0 Å². The average molecular weight is 453 g/mol. The van der Waals surface area contributed by atoms with Crippen molar-refractivity contribution in [2.75, 3.05) is 26.3 Å². The highest BCUT2D eigenvalue weighted by Crippen LogP contribution is 2.33. The maximum absolute atomic E-state index is 13.1. The van der Waals surface area contributed by atoms with Gasteiger partial charge < -0.3 is 10.1 Å². The third-order valence-electron chi connectivity index (χ3n) is 5.90. The summed E-state index contributed by atoms with van der Waals surface area (Å²) in [6, 6.07) is 8.33. The summed E-state index contributed by atoms with van der Waals surface area (Å²) < 4.78 is 5.46. The molecule has 3 aromatic rings. The molecule has 1 fully saturated rings. The maximum Gasteiger partial charge on any atom is 0.261 e. The fraction of sp³-hybridized carbons (Fsp3) is 0.480. The normalized spacial score (nSPS) is 15.3. The van der Waals surface area contributed by atoms with Crippen molar-refractivity contribution in [2.45, 2.75) is 53.1 Å². The molecule has 1 aromatic carbocycles. The van der Waals surface area contributed by atoms with E-state index in [1.54, 1.807) is 0 Å². The standard InChI is InChI=1S/C25H32N4O2S/c1-16-20-17(2)27-24(25(3,4)5)28-23(20)32-21(16)22(30)26-14-18-8-6-7-9-19(18)15-29-10-12-31-13-11-29/h6-9H,10-15H2,1-5H3,(H,26,30). The number of morpholine rings is 1. The van der Waals surface area contributed by atoms with E-state index in [0.717, 1.165) is 65.7 Å². The minimum Gasteiger partial charge on any atom is -0.379 e. The first kappa shape index (κ1) is 22.8. The summed E-state index contributed by atoms with van der Waals surface area (Å²) in [6.45, 7) is 15.1. The highest BCUT2D eigenvalue weighted by molar-refractivity contribution is 7.20. The summed E-state index contributed by atoms with van der Waals surface area (Å²) in [5.74, 6) is 0.760. The van der Waals surface area contributed by atoms with Gasteiger partial charge in [-0.15, -0.1) is 11.3 Å². The number of thiophene rings is 1. The van der Waals surface area contributed by atoms with E-state index in [4.69, 9.17) is 14.7 Å². The van der Waals surface area contributed by atoms with E-state index in [-0.39, 0.29) is 11.3 Å². The Morgan fingerprint density at radius 3 is 2.50 bits per heavy atom. The number of amides is 1. The van der Waals surface area contributed by atoms with Gasteiger partial charge >= 0.3 is 0 Å². The fourth-order valence-electron chi connectivity index (χ4n) is 4.03. The van der Waals surface area contributed by atoms with Crippen LogP contribution in [0.3, 0.4) is 0 Å². The predicted molar refractivity (Wildman–Crippen MR) is 129 cm³/mol. The second-order valence-corrected chi connectivity index (χ2v) is 10.5. The summed E-state index contributed by atoms with van der Waals surface area (Å²) in [4.78, 5) is 26.6. The Morgan fingerprint density at radius 2 is 1.81 bits per heavy atom. The number of benzene rings is 1. The molecule has 0 atom stereocenters. The molecule has 1 saturated heterocycles. The van der Waals surface area contributed by atoms with Gasteiger partial charge in [-0.3, -0.25) is 9.69 Å². The van der Waals surface area contributed by atoms with Crippen LogP contribution in [0.1, 0.15) is 58.7 Å². The average Bonchev–Trinajstić information content (AvgIpc) is 3.10. The van der Waals surface area contributed by atoms with Gasteiger partial charge in [0, 0.05) is 37.0 Å². The minimum atomic E-state index is -0.135. The van der Waals surface area contributed by atoms with E-state index in [1.807, 2.05) is 19.9 Å². The number of carbonyl (C=O) groups is 1. The van der Waals surface area contributed by atoms with E-state index in [9.17, 15) is 4.79 Å². The van der Waals surface area contributed by atoms with Crippen molar-refractivity contribution in [3.05, 3.63) is 57.4 Å². The number of aromatic nitrogens is 2. The van der Waals surface area contributed by atoms with Gasteiger partial charge in [-0.2, -0.15) is 0 Å². The molecule has 4 rings (SSSR count). The molecule has 0 unspecified atom stereocenters. The van der Waals surface area contributed by atoms with Crippen LogP contribution in [0.25, 0.3) is 10.2 Å². The molecule has 1 aliphatic heterocycles. The first-order chi connectivity index (χ1) is 15.2. The first-order valence-electron chi connectivity index (χ1n) is 11.2. The summed E-state index contributed by atoms with van der Waals surface area (Å²) in [5, 5.41) is 4.14. The molecule has 0 radical (unpaired) electrons. The summed E-state index contributed by atoms with van der Waals surface area (Å²) in [6.07, 6.45) is 0. The lowest BCUT2D eigenvalue weighted by Gasteiger charge is -2.27. The van der Waals surface area contributed by atoms with Crippen molar-refractivity contribution in [3.8, 4) is 0 Å². The van der Waals surface area contributed by atoms with Crippen molar-refractivity contribution < 1.29 is 9.53 Å². The van der Waals surface area contributed by atoms with Gasteiger partial charge in [0.1, 0.15) is 10.7 Å². The van der Waals surface area contributed by atoms with Crippen LogP contribution in [-0.2, 0) is 23.2 Å². The van der Waals surface area contributed by atoms with E-state index in [1.165, 1.54) is 16.9 Å². The predicted octanol–water partition coefficient (Wildman–Crippen LogP) is 4.37. The largest absolute Gasteiger partial charge is 0.379 e. The van der Waals surface area contributed by atoms with Gasteiger partial charge in [-0.25, -0.2) is 9.97 Å². The monoisotopic (exact) mass is 452 g/mol. The number of aryl methyl sites for hydroxylation is 2. The van der Waals surface area contributed by atoms with Crippen LogP contribution >= 0.6 is 11.3 Å². The molecule has 170 valence electrons. The molecular formula is C25H32N4O2S. The van der Waals surface area contributed by atoms with Crippen LogP contribution in [0.15, 0.2) is 24.3 Å². The maximum atomic E-state index is 13.1. The van der Waals surface area contributed by atoms with Crippen LogP contribution in [0.5, 0.6) is 0 Å². The van der Waals surface area contributed by atoms with Gasteiger partial charge in [0.15, 0.2) is 0 Å². The lowest BCUT2D eigenvalue weighted by atomic mass is 9.95. The highest BCUT2D eigenvalue weighted by Gasteiger charge is 2.23. The molecule has 3 heterocycles. The summed E-state index contributed by atoms with van der Waals surface area (Å²) >= 11 is 1.46. The molecule has 32 heavy (non-hydrogen) atoms. The number of fused-ring (bicyclic) bond motifs is 1. The van der Waals surface area contributed by atoms with Gasteiger partial charge in [-0.1, -0.05) is 45.0 Å². The van der Waals surface area contributed by atoms with E-state index < -0.39 is 0 Å². The van der Waals surface area contributed by atoms with Crippen LogP contribution in [0.4, 0.5) is 0 Å². The lowest BCUT2D eigenvalue weighted by molar-refractivity contribution is 0.0340. The molecule has 0 spiro atoms. The molecule has 0 saturated carbocycles. The highest BCUT2D eigenvalue weighted by atomic mass is 32.1. The van der Waals surface area contributed by atoms with Crippen LogP contribution in [-0.4, -0.2) is 47.1 Å². The number of nitrogens with one attached hydrogen (secondary N) is 1. The topological polar surface area (TPSA) is 67.4 Å². The Hall–Kier alpha value is -2.35. The summed E-state index contributed by atoms with van der Waals surface area (Å²) in [5.41, 5.74) is 4.16. The zero-order valence-electron chi connectivity index (χ0n) is 19.6. The first-order valence-corrected chi connectivity index (χ1v) is 12.0. The number of rotatable bonds is 5. The third kappa shape index (κ3) is 4.85. The Balaban J connectivity index is 1.52. The summed E-state index contributed by atoms with van der Waals surface area (Å²) in [7, 11) is 0. The quantitative estimate of drug-likeness (QED) is 0.623. The molecule has 1 aliphatic rings. The zero-order chi connectivity index (χ0) is 22.9. The third-order valence-corrected chi connectivity index (χ3v) is 7.09. The van der Waals surface area contributed by atoms with E-state index in [0.29, 0.717) is 11.4 Å². The van der Waals surface area contributed by atoms with Gasteiger partial charge in [0.25, 0.3) is 5.91 Å². The number of ether oxygens (including phenoxy) is 1. The Morgan fingerprint density at radius 1 is 1.12 bits per heavy atom. The SMILES string of the molecule is Cc1nc(C(C)(C)C)nc2sc(C(=O)NCc3ccccc3CN3CCOCC3)c(C)c12. The van der Waals surface area contributed by atoms with Gasteiger partial charge in [-0.05, 0) is 30.5 Å². The second-order valence-electron chi connectivity index (χ2n) is 9.46. The number of nitrogens with zero attached hydrogens (tertiary/aromatic N) is 3. The fourth-order valence-corrected chi connectivity index (χ4v) is 5.18. The molecule has 1 N–H and O–H groups in total. The van der Waals surface area contributed by atoms with Crippen LogP contribution < -0.4 is 5.32 Å². The lowest BCUT2D eigenvalue weighted by Crippen LogP contribution is -2.36. The van der Waals surface area contributed by atoms with Crippen molar-refractivity contribution in [1.82, 2.24) is 20.2 Å². The Labute approximate surface area is 194 Å². The van der Waals surface area contributed by atoms with E-state index >= 15 is 0 Å². The molecule has 2 aromatic heterocycles. The van der Waals surface area contributed by atoms with Crippen LogP contribution in [0.2, 0.25) is 0 Å². The minimum absolute atomic E-state index is 0.0524. The van der Waals surface area contributed by atoms with E-state index in [2.05, 4.69) is 49.2 Å². The molecular weight excluding hydrogens is 420 g/mol.